The summed E-state index contributed by atoms with van der Waals surface area (Å²) in [5.41, 5.74) is 7.14. The van der Waals surface area contributed by atoms with Crippen molar-refractivity contribution in [3.05, 3.63) is 82.9 Å². The molecule has 1 fully saturated rings. The number of rotatable bonds is 3. The molecule has 11 heteroatoms. The van der Waals surface area contributed by atoms with Gasteiger partial charge in [0.2, 0.25) is 0 Å². The Morgan fingerprint density at radius 3 is 2.44 bits per heavy atom. The number of anilines is 2. The summed E-state index contributed by atoms with van der Waals surface area (Å²) in [6, 6.07) is 13.9. The van der Waals surface area contributed by atoms with Crippen molar-refractivity contribution in [2.45, 2.75) is 13.6 Å². The summed E-state index contributed by atoms with van der Waals surface area (Å²) in [4.78, 5) is 28.2. The van der Waals surface area contributed by atoms with Gasteiger partial charge in [-0.25, -0.2) is 9.97 Å². The average molecular weight is 534 g/mol. The van der Waals surface area contributed by atoms with Crippen molar-refractivity contribution in [3.63, 3.8) is 0 Å². The number of pyridine rings is 4. The van der Waals surface area contributed by atoms with Crippen molar-refractivity contribution in [3.8, 4) is 16.9 Å². The van der Waals surface area contributed by atoms with Crippen LogP contribution < -0.4 is 21.5 Å². The molecule has 0 atom stereocenters. The predicted octanol–water partition coefficient (Wildman–Crippen LogP) is 4.64. The highest BCUT2D eigenvalue weighted by molar-refractivity contribution is 6.02. The lowest BCUT2D eigenvalue weighted by Gasteiger charge is -2.31. The van der Waals surface area contributed by atoms with Crippen LogP contribution in [0.2, 0.25) is 0 Å². The van der Waals surface area contributed by atoms with Gasteiger partial charge in [0, 0.05) is 61.3 Å². The lowest BCUT2D eigenvalue weighted by Crippen LogP contribution is -2.44. The fourth-order valence-corrected chi connectivity index (χ4v) is 4.82. The third-order valence-electron chi connectivity index (χ3n) is 6.65. The maximum absolute atomic E-state index is 14.3. The zero-order chi connectivity index (χ0) is 26.4. The smallest absolute Gasteiger partial charge is 0.384 e. The third kappa shape index (κ3) is 4.76. The Balaban J connectivity index is 0.00000308. The van der Waals surface area contributed by atoms with E-state index in [1.54, 1.807) is 53.7 Å². The number of nitrogen functional groups attached to an aromatic ring is 1. The van der Waals surface area contributed by atoms with Gasteiger partial charge in [0.25, 0.3) is 5.56 Å². The normalized spacial score (nSPS) is 14.0. The second kappa shape index (κ2) is 9.99. The van der Waals surface area contributed by atoms with Crippen LogP contribution in [0.25, 0.3) is 38.9 Å². The highest BCUT2D eigenvalue weighted by atomic mass is 19.4. The molecule has 8 nitrogen and oxygen atoms in total. The highest BCUT2D eigenvalue weighted by Crippen LogP contribution is 2.38. The quantitative estimate of drug-likeness (QED) is 0.326. The Morgan fingerprint density at radius 2 is 1.72 bits per heavy atom. The molecule has 0 radical (unpaired) electrons. The number of fused-ring (bicyclic) bond motifs is 3. The molecule has 5 heterocycles. The zero-order valence-electron chi connectivity index (χ0n) is 20.0. The molecule has 1 aromatic carbocycles. The number of benzene rings is 1. The van der Waals surface area contributed by atoms with Gasteiger partial charge in [0.1, 0.15) is 11.3 Å². The molecule has 1 aliphatic rings. The second-order valence-electron chi connectivity index (χ2n) is 9.04. The summed E-state index contributed by atoms with van der Waals surface area (Å²) >= 11 is 0. The Morgan fingerprint density at radius 1 is 0.923 bits per heavy atom. The third-order valence-corrected chi connectivity index (χ3v) is 6.65. The molecule has 0 amide bonds. The van der Waals surface area contributed by atoms with Gasteiger partial charge in [0.15, 0.2) is 0 Å². The van der Waals surface area contributed by atoms with Crippen LogP contribution in [0, 0.1) is 0 Å². The standard InChI is InChI=1S/C27H22F3N7O.CH4/c28-27(29,30)19-13-18(3-6-22(19)36-11-9-32-10-12-36)37-24(38)8-2-17-15-33-21-5-4-20(35-25(21)26(17)37)16-1-7-23(31)34-14-16;/h1-8,13-15,32H,9-12H2,(H2,31,34);1H4. The Kier molecular flexibility index (Phi) is 6.69. The van der Waals surface area contributed by atoms with Gasteiger partial charge < -0.3 is 16.0 Å². The van der Waals surface area contributed by atoms with Gasteiger partial charge in [-0.1, -0.05) is 7.43 Å². The number of alkyl halides is 3. The molecule has 6 rings (SSSR count). The highest BCUT2D eigenvalue weighted by Gasteiger charge is 2.36. The average Bonchev–Trinajstić information content (AvgIpc) is 2.93. The number of nitrogens with zero attached hydrogens (tertiary/aromatic N) is 5. The van der Waals surface area contributed by atoms with E-state index in [1.165, 1.54) is 16.7 Å². The van der Waals surface area contributed by atoms with E-state index >= 15 is 0 Å². The number of nitrogens with two attached hydrogens (primary N) is 1. The molecule has 0 unspecified atom stereocenters. The first-order valence-corrected chi connectivity index (χ1v) is 12.0. The van der Waals surface area contributed by atoms with E-state index in [0.29, 0.717) is 65.2 Å². The SMILES string of the molecule is C.Nc1ccc(-c2ccc3ncc4ccc(=O)n(-c5ccc(N6CCNCC6)c(C(F)(F)F)c5)c4c3n2)cn1. The summed E-state index contributed by atoms with van der Waals surface area (Å²) in [6.07, 6.45) is -1.44. The first kappa shape index (κ1) is 26.1. The molecule has 0 aliphatic carbocycles. The van der Waals surface area contributed by atoms with Gasteiger partial charge in [-0.2, -0.15) is 13.2 Å². The van der Waals surface area contributed by atoms with Crippen LogP contribution in [-0.4, -0.2) is 45.7 Å². The summed E-state index contributed by atoms with van der Waals surface area (Å²) < 4.78 is 44.1. The van der Waals surface area contributed by atoms with Crippen LogP contribution in [0.5, 0.6) is 0 Å². The van der Waals surface area contributed by atoms with E-state index in [0.717, 1.165) is 6.07 Å². The fourth-order valence-electron chi connectivity index (χ4n) is 4.82. The minimum atomic E-state index is -4.61. The molecule has 0 spiro atoms. The Bertz CT molecular complexity index is 1730. The van der Waals surface area contributed by atoms with E-state index in [9.17, 15) is 18.0 Å². The summed E-state index contributed by atoms with van der Waals surface area (Å²) in [5, 5.41) is 3.72. The summed E-state index contributed by atoms with van der Waals surface area (Å²) in [7, 11) is 0. The number of nitrogens with one attached hydrogen (secondary N) is 1. The molecular weight excluding hydrogens is 507 g/mol. The van der Waals surface area contributed by atoms with Crippen molar-refractivity contribution in [2.75, 3.05) is 36.8 Å². The van der Waals surface area contributed by atoms with Crippen LogP contribution in [0.1, 0.15) is 13.0 Å². The number of aromatic nitrogens is 4. The Labute approximate surface area is 221 Å². The topological polar surface area (TPSA) is 102 Å². The molecule has 0 bridgehead atoms. The van der Waals surface area contributed by atoms with Crippen molar-refractivity contribution >= 4 is 33.4 Å². The van der Waals surface area contributed by atoms with Gasteiger partial charge in [-0.15, -0.1) is 0 Å². The molecule has 200 valence electrons. The monoisotopic (exact) mass is 533 g/mol. The second-order valence-corrected chi connectivity index (χ2v) is 9.04. The number of hydrogen-bond donors (Lipinski definition) is 2. The molecule has 1 saturated heterocycles. The van der Waals surface area contributed by atoms with E-state index in [1.807, 2.05) is 0 Å². The van der Waals surface area contributed by atoms with E-state index in [2.05, 4.69) is 15.3 Å². The van der Waals surface area contributed by atoms with E-state index in [-0.39, 0.29) is 18.8 Å². The van der Waals surface area contributed by atoms with Crippen LogP contribution in [0.4, 0.5) is 24.7 Å². The molecule has 3 N–H and O–H groups in total. The fraction of sp³-hybridized carbons (Fsp3) is 0.214. The van der Waals surface area contributed by atoms with Crippen molar-refractivity contribution in [1.29, 1.82) is 0 Å². The molecule has 4 aromatic heterocycles. The largest absolute Gasteiger partial charge is 0.418 e. The number of piperazine rings is 1. The van der Waals surface area contributed by atoms with E-state index in [4.69, 9.17) is 10.7 Å². The van der Waals surface area contributed by atoms with Gasteiger partial charge in [-0.05, 0) is 48.5 Å². The lowest BCUT2D eigenvalue weighted by molar-refractivity contribution is -0.137. The number of halogens is 3. The van der Waals surface area contributed by atoms with Gasteiger partial charge >= 0.3 is 6.18 Å². The van der Waals surface area contributed by atoms with Crippen LogP contribution in [-0.2, 0) is 6.18 Å². The van der Waals surface area contributed by atoms with Crippen molar-refractivity contribution in [2.24, 2.45) is 0 Å². The maximum atomic E-state index is 14.3. The van der Waals surface area contributed by atoms with Gasteiger partial charge in [-0.3, -0.25) is 14.3 Å². The van der Waals surface area contributed by atoms with Crippen molar-refractivity contribution in [1.82, 2.24) is 24.8 Å². The lowest BCUT2D eigenvalue weighted by atomic mass is 10.1. The van der Waals surface area contributed by atoms with Crippen LogP contribution in [0.3, 0.4) is 0 Å². The maximum Gasteiger partial charge on any atom is 0.418 e. The number of hydrogen-bond acceptors (Lipinski definition) is 7. The minimum absolute atomic E-state index is 0. The summed E-state index contributed by atoms with van der Waals surface area (Å²) in [6.45, 7) is 2.11. The molecule has 1 aliphatic heterocycles. The predicted molar refractivity (Wildman–Crippen MR) is 147 cm³/mol. The first-order valence-electron chi connectivity index (χ1n) is 12.0. The molecule has 39 heavy (non-hydrogen) atoms. The zero-order valence-corrected chi connectivity index (χ0v) is 20.0. The Hall–Kier alpha value is -4.51. The van der Waals surface area contributed by atoms with Gasteiger partial charge in [0.05, 0.1) is 28.0 Å². The van der Waals surface area contributed by atoms with Crippen LogP contribution in [0.15, 0.2) is 71.8 Å². The molecule has 5 aromatic rings. The van der Waals surface area contributed by atoms with Crippen molar-refractivity contribution < 1.29 is 13.2 Å². The summed E-state index contributed by atoms with van der Waals surface area (Å²) in [5.74, 6) is 0.361. The molecular formula is C28H26F3N7O. The van der Waals surface area contributed by atoms with Crippen LogP contribution >= 0.6 is 0 Å². The minimum Gasteiger partial charge on any atom is -0.384 e. The first-order chi connectivity index (χ1) is 18.3. The van der Waals surface area contributed by atoms with E-state index < -0.39 is 17.3 Å². The molecule has 0 saturated carbocycles.